The zero-order valence-electron chi connectivity index (χ0n) is 29.5. The van der Waals surface area contributed by atoms with E-state index in [9.17, 15) is 14.7 Å². The van der Waals surface area contributed by atoms with Crippen LogP contribution in [0.4, 0.5) is 5.95 Å². The van der Waals surface area contributed by atoms with Crippen LogP contribution < -0.4 is 22.5 Å². The number of nitrogens with one attached hydrogen (secondary N) is 2. The topological polar surface area (TPSA) is 230 Å². The zero-order chi connectivity index (χ0) is 35.9. The molecule has 272 valence electrons. The van der Waals surface area contributed by atoms with E-state index < -0.39 is 29.3 Å². The molecular formula is C37H50N10O4. The van der Waals surface area contributed by atoms with E-state index in [2.05, 4.69) is 25.4 Å². The lowest BCUT2D eigenvalue weighted by Crippen LogP contribution is -2.62. The Morgan fingerprint density at radius 1 is 1.14 bits per heavy atom. The van der Waals surface area contributed by atoms with E-state index in [1.165, 1.54) is 38.5 Å². The SMILES string of the molecule is Cc1cc(O)cc(C)c1C[C@H](C(=O)N[C@@H](Cc1cnc[nH]1)c1nc(CC23CC4CC(CC(C4)C2)C3)no1)C(N)(CCCn1ccnc1N)C(N)=O. The van der Waals surface area contributed by atoms with Crippen molar-refractivity contribution in [2.75, 3.05) is 5.73 Å². The number of hydrogen-bond acceptors (Lipinski definition) is 10. The lowest BCUT2D eigenvalue weighted by atomic mass is 9.49. The lowest BCUT2D eigenvalue weighted by molar-refractivity contribution is -0.135. The predicted molar refractivity (Wildman–Crippen MR) is 189 cm³/mol. The summed E-state index contributed by atoms with van der Waals surface area (Å²) in [6, 6.07) is 2.53. The van der Waals surface area contributed by atoms with Gasteiger partial charge in [-0.05, 0) is 124 Å². The van der Waals surface area contributed by atoms with E-state index in [-0.39, 0.29) is 29.9 Å². The lowest BCUT2D eigenvalue weighted by Gasteiger charge is -2.56. The van der Waals surface area contributed by atoms with Gasteiger partial charge in [0.05, 0.1) is 12.2 Å². The highest BCUT2D eigenvalue weighted by Gasteiger charge is 2.51. The van der Waals surface area contributed by atoms with Crippen LogP contribution in [0.3, 0.4) is 0 Å². The Morgan fingerprint density at radius 2 is 1.82 bits per heavy atom. The molecule has 3 atom stereocenters. The molecule has 0 spiro atoms. The average molecular weight is 699 g/mol. The summed E-state index contributed by atoms with van der Waals surface area (Å²) in [6.45, 7) is 4.14. The van der Waals surface area contributed by atoms with Crippen molar-refractivity contribution in [1.82, 2.24) is 35.0 Å². The van der Waals surface area contributed by atoms with Gasteiger partial charge in [-0.1, -0.05) is 5.16 Å². The number of aryl methyl sites for hydroxylation is 3. The Balaban J connectivity index is 1.17. The molecule has 3 heterocycles. The number of amides is 2. The third-order valence-corrected chi connectivity index (χ3v) is 12.0. The van der Waals surface area contributed by atoms with Crippen LogP contribution in [0.25, 0.3) is 0 Å². The second kappa shape index (κ2) is 13.8. The highest BCUT2D eigenvalue weighted by molar-refractivity contribution is 5.93. The Hall–Kier alpha value is -4.72. The van der Waals surface area contributed by atoms with E-state index in [0.29, 0.717) is 31.2 Å². The van der Waals surface area contributed by atoms with E-state index in [1.807, 2.05) is 13.8 Å². The number of phenolic OH excluding ortho intramolecular Hbond substituents is 1. The van der Waals surface area contributed by atoms with Gasteiger partial charge in [-0.25, -0.2) is 9.97 Å². The van der Waals surface area contributed by atoms with Crippen molar-refractivity contribution in [2.45, 2.75) is 103 Å². The van der Waals surface area contributed by atoms with Gasteiger partial charge in [0.2, 0.25) is 17.7 Å². The van der Waals surface area contributed by atoms with Crippen molar-refractivity contribution in [3.63, 3.8) is 0 Å². The van der Waals surface area contributed by atoms with Gasteiger partial charge in [0.1, 0.15) is 17.3 Å². The molecule has 4 aliphatic rings. The maximum absolute atomic E-state index is 14.7. The van der Waals surface area contributed by atoms with Crippen molar-refractivity contribution in [1.29, 1.82) is 0 Å². The molecule has 4 bridgehead atoms. The fourth-order valence-corrected chi connectivity index (χ4v) is 9.96. The number of benzene rings is 1. The Morgan fingerprint density at radius 3 is 2.41 bits per heavy atom. The minimum atomic E-state index is -1.74. The van der Waals surface area contributed by atoms with Gasteiger partial charge in [-0.2, -0.15) is 4.98 Å². The second-order valence-electron chi connectivity index (χ2n) is 15.8. The molecule has 4 aromatic rings. The Kier molecular flexibility index (Phi) is 9.38. The number of aromatic hydroxyl groups is 1. The maximum Gasteiger partial charge on any atom is 0.249 e. The monoisotopic (exact) mass is 698 g/mol. The van der Waals surface area contributed by atoms with Gasteiger partial charge in [0, 0.05) is 43.7 Å². The van der Waals surface area contributed by atoms with Crippen LogP contribution in [0.15, 0.2) is 41.6 Å². The first-order valence-electron chi connectivity index (χ1n) is 18.1. The summed E-state index contributed by atoms with van der Waals surface area (Å²) < 4.78 is 7.66. The number of carbonyl (C=O) groups is 2. The predicted octanol–water partition coefficient (Wildman–Crippen LogP) is 3.57. The number of primary amides is 1. The van der Waals surface area contributed by atoms with Crippen LogP contribution in [0, 0.1) is 42.9 Å². The summed E-state index contributed by atoms with van der Waals surface area (Å²) in [5.74, 6) is 1.43. The number of nitrogens with zero attached hydrogens (tertiary/aromatic N) is 5. The Bertz CT molecular complexity index is 1810. The largest absolute Gasteiger partial charge is 0.508 e. The molecule has 8 rings (SSSR count). The highest BCUT2D eigenvalue weighted by atomic mass is 16.5. The van der Waals surface area contributed by atoms with Crippen molar-refractivity contribution in [2.24, 2.45) is 40.6 Å². The minimum Gasteiger partial charge on any atom is -0.508 e. The van der Waals surface area contributed by atoms with Crippen molar-refractivity contribution in [3.8, 4) is 5.75 Å². The summed E-state index contributed by atoms with van der Waals surface area (Å²) in [5.41, 5.74) is 20.6. The van der Waals surface area contributed by atoms with Gasteiger partial charge in [0.15, 0.2) is 11.8 Å². The fraction of sp³-hybridized carbons (Fsp3) is 0.568. The van der Waals surface area contributed by atoms with Crippen LogP contribution in [-0.4, -0.2) is 52.1 Å². The molecule has 4 aliphatic carbocycles. The number of carbonyl (C=O) groups excluding carboxylic acids is 2. The number of H-pyrrole nitrogens is 1. The second-order valence-corrected chi connectivity index (χ2v) is 15.8. The molecule has 14 heteroatoms. The number of phenols is 1. The van der Waals surface area contributed by atoms with E-state index >= 15 is 0 Å². The number of imidazole rings is 2. The van der Waals surface area contributed by atoms with E-state index in [1.54, 1.807) is 41.6 Å². The first-order valence-corrected chi connectivity index (χ1v) is 18.1. The third-order valence-electron chi connectivity index (χ3n) is 12.0. The van der Waals surface area contributed by atoms with Crippen molar-refractivity contribution < 1.29 is 19.2 Å². The minimum absolute atomic E-state index is 0.105. The van der Waals surface area contributed by atoms with Crippen LogP contribution >= 0.6 is 0 Å². The molecule has 0 radical (unpaired) electrons. The fourth-order valence-electron chi connectivity index (χ4n) is 9.96. The third kappa shape index (κ3) is 7.23. The molecule has 4 fully saturated rings. The molecule has 51 heavy (non-hydrogen) atoms. The molecule has 0 aliphatic heterocycles. The van der Waals surface area contributed by atoms with Crippen LogP contribution in [-0.2, 0) is 35.4 Å². The molecule has 4 saturated carbocycles. The molecule has 2 amide bonds. The normalized spacial score (nSPS) is 24.6. The number of nitrogen functional groups attached to an aromatic ring is 1. The number of nitrogens with two attached hydrogens (primary N) is 3. The number of rotatable bonds is 15. The molecule has 0 saturated heterocycles. The number of hydrogen-bond donors (Lipinski definition) is 6. The first kappa shape index (κ1) is 34.7. The van der Waals surface area contributed by atoms with Gasteiger partial charge in [0.25, 0.3) is 0 Å². The summed E-state index contributed by atoms with van der Waals surface area (Å²) >= 11 is 0. The smallest absolute Gasteiger partial charge is 0.249 e. The molecule has 1 unspecified atom stereocenters. The number of anilines is 1. The van der Waals surface area contributed by atoms with Crippen LogP contribution in [0.1, 0.15) is 91.5 Å². The Labute approximate surface area is 297 Å². The summed E-state index contributed by atoms with van der Waals surface area (Å²) in [5, 5.41) is 17.8. The zero-order valence-corrected chi connectivity index (χ0v) is 29.5. The summed E-state index contributed by atoms with van der Waals surface area (Å²) in [7, 11) is 0. The number of aromatic amines is 1. The van der Waals surface area contributed by atoms with Crippen LogP contribution in [0.5, 0.6) is 5.75 Å². The summed E-state index contributed by atoms with van der Waals surface area (Å²) in [4.78, 5) is 44.2. The van der Waals surface area contributed by atoms with Crippen molar-refractivity contribution in [3.05, 3.63) is 71.1 Å². The summed E-state index contributed by atoms with van der Waals surface area (Å²) in [6.07, 6.45) is 16.0. The average Bonchev–Trinajstić information content (AvgIpc) is 3.83. The van der Waals surface area contributed by atoms with Crippen molar-refractivity contribution >= 4 is 17.8 Å². The molecule has 1 aromatic carbocycles. The van der Waals surface area contributed by atoms with Gasteiger partial charge in [-0.15, -0.1) is 0 Å². The highest BCUT2D eigenvalue weighted by Crippen LogP contribution is 2.61. The van der Waals surface area contributed by atoms with Gasteiger partial charge in [-0.3, -0.25) is 9.59 Å². The van der Waals surface area contributed by atoms with Gasteiger partial charge >= 0.3 is 0 Å². The quantitative estimate of drug-likeness (QED) is 0.106. The number of aromatic nitrogens is 6. The molecule has 9 N–H and O–H groups in total. The maximum atomic E-state index is 14.7. The standard InChI is InChI=1S/C37H50N10O4/c1-21-8-27(48)9-22(2)28(21)14-29(37(40,34(38)50)4-3-6-47-7-5-42-35(47)39)32(49)44-30(13-26-19-41-20-43-26)33-45-31(46-51-33)18-36-15-23-10-24(16-36)12-25(11-23)17-36/h5,7-9,19-20,23-25,29-30,48H,3-4,6,10-18,40H2,1-2H3,(H2,38,50)(H2,39,42)(H,41,43)(H,44,49)/t23?,24?,25?,29-,30+,36?,37?/m1/s1. The van der Waals surface area contributed by atoms with E-state index in [4.69, 9.17) is 26.7 Å². The molecule has 14 nitrogen and oxygen atoms in total. The molecular weight excluding hydrogens is 648 g/mol. The van der Waals surface area contributed by atoms with Crippen LogP contribution in [0.2, 0.25) is 0 Å². The van der Waals surface area contributed by atoms with E-state index in [0.717, 1.165) is 46.6 Å². The first-order chi connectivity index (χ1) is 24.4. The van der Waals surface area contributed by atoms with Gasteiger partial charge < -0.3 is 41.7 Å². The molecule has 3 aromatic heterocycles.